The largest absolute Gasteiger partial charge is 0.174 e. The lowest BCUT2D eigenvalue weighted by Crippen LogP contribution is -1.77. The summed E-state index contributed by atoms with van der Waals surface area (Å²) in [5, 5.41) is 10.1. The molecule has 13 heavy (non-hydrogen) atoms. The molecule has 0 N–H and O–H groups in total. The average Bonchev–Trinajstić information content (AvgIpc) is 2.83. The summed E-state index contributed by atoms with van der Waals surface area (Å²) in [5.41, 5.74) is 0. The van der Waals surface area contributed by atoms with Gasteiger partial charge in [-0.1, -0.05) is 41.3 Å². The highest BCUT2D eigenvalue weighted by atomic mass is 35.5. The van der Waals surface area contributed by atoms with Gasteiger partial charge < -0.3 is 0 Å². The van der Waals surface area contributed by atoms with Crippen molar-refractivity contribution >= 4 is 34.7 Å². The molecule has 0 spiro atoms. The van der Waals surface area contributed by atoms with Crippen molar-refractivity contribution in [2.75, 3.05) is 5.75 Å². The summed E-state index contributed by atoms with van der Waals surface area (Å²) in [6, 6.07) is 0. The van der Waals surface area contributed by atoms with E-state index in [1.807, 2.05) is 0 Å². The molecule has 0 aromatic carbocycles. The molecular weight excluding hydrogens is 224 g/mol. The second-order valence-electron chi connectivity index (χ2n) is 2.99. The predicted octanol–water partition coefficient (Wildman–Crippen LogP) is 3.26. The SMILES string of the molecule is C=C(Cl)CSc1nnc(C2CC2)s1. The third kappa shape index (κ3) is 2.69. The maximum atomic E-state index is 5.65. The van der Waals surface area contributed by atoms with Crippen LogP contribution in [0.25, 0.3) is 0 Å². The molecule has 70 valence electrons. The van der Waals surface area contributed by atoms with E-state index in [0.29, 0.717) is 11.0 Å². The van der Waals surface area contributed by atoms with Crippen molar-refractivity contribution in [3.63, 3.8) is 0 Å². The fraction of sp³-hybridized carbons (Fsp3) is 0.500. The van der Waals surface area contributed by atoms with Crippen molar-refractivity contribution in [2.45, 2.75) is 23.1 Å². The highest BCUT2D eigenvalue weighted by Gasteiger charge is 2.27. The van der Waals surface area contributed by atoms with Crippen LogP contribution in [0, 0.1) is 0 Å². The topological polar surface area (TPSA) is 25.8 Å². The standard InChI is InChI=1S/C8H9ClN2S2/c1-5(9)4-12-8-11-10-7(13-8)6-2-3-6/h6H,1-4H2. The van der Waals surface area contributed by atoms with Crippen LogP contribution in [0.15, 0.2) is 16.0 Å². The molecule has 0 aliphatic heterocycles. The number of hydrogen-bond donors (Lipinski definition) is 0. The summed E-state index contributed by atoms with van der Waals surface area (Å²) in [5.74, 6) is 1.42. The van der Waals surface area contributed by atoms with Gasteiger partial charge >= 0.3 is 0 Å². The molecule has 2 nitrogen and oxygen atoms in total. The molecule has 0 atom stereocenters. The van der Waals surface area contributed by atoms with Crippen molar-refractivity contribution in [3.8, 4) is 0 Å². The molecule has 1 aromatic rings. The van der Waals surface area contributed by atoms with Gasteiger partial charge in [0, 0.05) is 16.7 Å². The number of thioether (sulfide) groups is 1. The maximum Gasteiger partial charge on any atom is 0.174 e. The molecule has 1 aliphatic carbocycles. The number of rotatable bonds is 4. The van der Waals surface area contributed by atoms with E-state index in [9.17, 15) is 0 Å². The zero-order chi connectivity index (χ0) is 9.26. The Kier molecular flexibility index (Phi) is 2.91. The third-order valence-corrected chi connectivity index (χ3v) is 4.30. The van der Waals surface area contributed by atoms with Crippen LogP contribution in [0.5, 0.6) is 0 Å². The molecule has 1 heterocycles. The van der Waals surface area contributed by atoms with Crippen molar-refractivity contribution in [2.24, 2.45) is 0 Å². The number of aromatic nitrogens is 2. The summed E-state index contributed by atoms with van der Waals surface area (Å²) in [7, 11) is 0. The zero-order valence-electron chi connectivity index (χ0n) is 6.99. The lowest BCUT2D eigenvalue weighted by atomic mass is 10.5. The minimum atomic E-state index is 0.660. The Labute approximate surface area is 90.4 Å². The second-order valence-corrected chi connectivity index (χ2v) is 5.75. The smallest absolute Gasteiger partial charge is 0.142 e. The Morgan fingerprint density at radius 3 is 3.00 bits per heavy atom. The van der Waals surface area contributed by atoms with Gasteiger partial charge in [0.25, 0.3) is 0 Å². The van der Waals surface area contributed by atoms with Gasteiger partial charge in [0.05, 0.1) is 0 Å². The highest BCUT2D eigenvalue weighted by Crippen LogP contribution is 2.42. The lowest BCUT2D eigenvalue weighted by molar-refractivity contribution is 0.938. The van der Waals surface area contributed by atoms with Crippen LogP contribution >= 0.6 is 34.7 Å². The van der Waals surface area contributed by atoms with Crippen LogP contribution in [0.2, 0.25) is 0 Å². The number of nitrogens with zero attached hydrogens (tertiary/aromatic N) is 2. The Morgan fingerprint density at radius 2 is 2.38 bits per heavy atom. The molecule has 0 saturated heterocycles. The van der Waals surface area contributed by atoms with Crippen LogP contribution in [0.4, 0.5) is 0 Å². The molecule has 0 amide bonds. The van der Waals surface area contributed by atoms with Gasteiger partial charge in [0.1, 0.15) is 5.01 Å². The molecular formula is C8H9ClN2S2. The summed E-state index contributed by atoms with van der Waals surface area (Å²) < 4.78 is 1.00. The second kappa shape index (κ2) is 3.98. The van der Waals surface area contributed by atoms with Crippen molar-refractivity contribution in [1.29, 1.82) is 0 Å². The van der Waals surface area contributed by atoms with E-state index in [2.05, 4.69) is 16.8 Å². The van der Waals surface area contributed by atoms with Crippen LogP contribution in [0.1, 0.15) is 23.8 Å². The highest BCUT2D eigenvalue weighted by molar-refractivity contribution is 8.01. The molecule has 1 aromatic heterocycles. The first kappa shape index (κ1) is 9.49. The molecule has 0 unspecified atom stereocenters. The Bertz CT molecular complexity index is 320. The minimum Gasteiger partial charge on any atom is -0.142 e. The first-order chi connectivity index (χ1) is 6.25. The van der Waals surface area contributed by atoms with Gasteiger partial charge in [-0.15, -0.1) is 10.2 Å². The van der Waals surface area contributed by atoms with Gasteiger partial charge in [-0.2, -0.15) is 0 Å². The van der Waals surface area contributed by atoms with E-state index >= 15 is 0 Å². The van der Waals surface area contributed by atoms with Crippen LogP contribution in [-0.4, -0.2) is 16.0 Å². The van der Waals surface area contributed by atoms with Crippen LogP contribution in [-0.2, 0) is 0 Å². The monoisotopic (exact) mass is 232 g/mol. The predicted molar refractivity (Wildman–Crippen MR) is 57.6 cm³/mol. The van der Waals surface area contributed by atoms with E-state index in [1.54, 1.807) is 23.1 Å². The Balaban J connectivity index is 1.92. The summed E-state index contributed by atoms with van der Waals surface area (Å²) in [6.45, 7) is 3.63. The average molecular weight is 233 g/mol. The minimum absolute atomic E-state index is 0.660. The van der Waals surface area contributed by atoms with E-state index in [0.717, 1.165) is 10.1 Å². The van der Waals surface area contributed by atoms with Crippen molar-refractivity contribution in [1.82, 2.24) is 10.2 Å². The van der Waals surface area contributed by atoms with Gasteiger partial charge in [0.15, 0.2) is 4.34 Å². The van der Waals surface area contributed by atoms with E-state index < -0.39 is 0 Å². The Hall–Kier alpha value is -0.0600. The Morgan fingerprint density at radius 1 is 1.62 bits per heavy atom. The normalized spacial score (nSPS) is 16.1. The molecule has 2 rings (SSSR count). The van der Waals surface area contributed by atoms with Crippen molar-refractivity contribution in [3.05, 3.63) is 16.6 Å². The first-order valence-corrected chi connectivity index (χ1v) is 6.23. The fourth-order valence-electron chi connectivity index (χ4n) is 0.914. The third-order valence-electron chi connectivity index (χ3n) is 1.70. The van der Waals surface area contributed by atoms with Crippen LogP contribution in [0.3, 0.4) is 0 Å². The molecule has 0 bridgehead atoms. The summed E-state index contributed by atoms with van der Waals surface area (Å²) >= 11 is 8.94. The summed E-state index contributed by atoms with van der Waals surface area (Å²) in [4.78, 5) is 0. The fourth-order valence-corrected chi connectivity index (χ4v) is 2.87. The first-order valence-electron chi connectivity index (χ1n) is 4.05. The van der Waals surface area contributed by atoms with Gasteiger partial charge in [-0.25, -0.2) is 0 Å². The van der Waals surface area contributed by atoms with Gasteiger partial charge in [0.2, 0.25) is 0 Å². The molecule has 1 saturated carbocycles. The number of halogens is 1. The van der Waals surface area contributed by atoms with E-state index in [1.165, 1.54) is 17.8 Å². The van der Waals surface area contributed by atoms with E-state index in [-0.39, 0.29) is 0 Å². The van der Waals surface area contributed by atoms with Crippen molar-refractivity contribution < 1.29 is 0 Å². The zero-order valence-corrected chi connectivity index (χ0v) is 9.38. The van der Waals surface area contributed by atoms with E-state index in [4.69, 9.17) is 11.6 Å². The maximum absolute atomic E-state index is 5.65. The molecule has 0 radical (unpaired) electrons. The number of hydrogen-bond acceptors (Lipinski definition) is 4. The molecule has 5 heteroatoms. The van der Waals surface area contributed by atoms with Gasteiger partial charge in [-0.05, 0) is 12.8 Å². The molecule has 1 aliphatic rings. The van der Waals surface area contributed by atoms with Gasteiger partial charge in [-0.3, -0.25) is 0 Å². The summed E-state index contributed by atoms with van der Waals surface area (Å²) in [6.07, 6.45) is 2.56. The lowest BCUT2D eigenvalue weighted by Gasteiger charge is -1.90. The van der Waals surface area contributed by atoms with Crippen LogP contribution < -0.4 is 0 Å². The molecule has 1 fully saturated rings. The quantitative estimate of drug-likeness (QED) is 0.746.